The van der Waals surface area contributed by atoms with Crippen molar-refractivity contribution in [2.75, 3.05) is 25.1 Å². The zero-order chi connectivity index (χ0) is 16.2. The van der Waals surface area contributed by atoms with Gasteiger partial charge in [-0.15, -0.1) is 0 Å². The molecule has 22 heavy (non-hydrogen) atoms. The topological polar surface area (TPSA) is 63.2 Å². The van der Waals surface area contributed by atoms with Gasteiger partial charge in [-0.05, 0) is 19.4 Å². The number of halogens is 1. The molecule has 0 aliphatic carbocycles. The molecule has 0 atom stereocenters. The molecule has 0 unspecified atom stereocenters. The van der Waals surface area contributed by atoms with Gasteiger partial charge in [0, 0.05) is 18.2 Å². The van der Waals surface area contributed by atoms with E-state index in [2.05, 4.69) is 35.5 Å². The number of ether oxygens (including phenoxy) is 1. The van der Waals surface area contributed by atoms with Crippen LogP contribution in [0, 0.1) is 12.3 Å². The Balaban J connectivity index is 1.92. The Hall–Kier alpha value is -1.59. The summed E-state index contributed by atoms with van der Waals surface area (Å²) >= 11 is 6.12. The third-order valence-electron chi connectivity index (χ3n) is 3.84. The number of hydrogen-bond donors (Lipinski definition) is 2. The number of urea groups is 1. The largest absolute Gasteiger partial charge is 0.377 e. The van der Waals surface area contributed by atoms with E-state index in [0.29, 0.717) is 29.6 Å². The maximum Gasteiger partial charge on any atom is 0.319 e. The Morgan fingerprint density at radius 3 is 2.95 bits per heavy atom. The lowest BCUT2D eigenvalue weighted by atomic mass is 9.81. The number of aryl methyl sites for hydroxylation is 1. The van der Waals surface area contributed by atoms with Crippen molar-refractivity contribution in [2.24, 2.45) is 5.41 Å². The van der Waals surface area contributed by atoms with E-state index in [-0.39, 0.29) is 11.4 Å². The summed E-state index contributed by atoms with van der Waals surface area (Å²) < 4.78 is 5.33. The fourth-order valence-corrected chi connectivity index (χ4v) is 2.53. The van der Waals surface area contributed by atoms with Crippen LogP contribution in [0.5, 0.6) is 0 Å². The highest BCUT2D eigenvalue weighted by Crippen LogP contribution is 2.30. The lowest BCUT2D eigenvalue weighted by Gasteiger charge is -2.30. The van der Waals surface area contributed by atoms with Crippen LogP contribution in [0.3, 0.4) is 0 Å². The minimum Gasteiger partial charge on any atom is -0.377 e. The molecule has 1 aliphatic heterocycles. The SMILES string of the molecule is Cc1nccc(NC(=O)NCC(C)(C)C2=CCOCC2)c1Cl. The van der Waals surface area contributed by atoms with E-state index < -0.39 is 0 Å². The fraction of sp³-hybridized carbons (Fsp3) is 0.500. The maximum absolute atomic E-state index is 12.1. The number of carbonyl (C=O) groups excluding carboxylic acids is 1. The van der Waals surface area contributed by atoms with Crippen molar-refractivity contribution in [1.29, 1.82) is 0 Å². The highest BCUT2D eigenvalue weighted by molar-refractivity contribution is 6.34. The zero-order valence-corrected chi connectivity index (χ0v) is 14.0. The average Bonchev–Trinajstić information content (AvgIpc) is 2.51. The van der Waals surface area contributed by atoms with Gasteiger partial charge in [-0.25, -0.2) is 4.79 Å². The molecule has 0 saturated heterocycles. The van der Waals surface area contributed by atoms with E-state index in [1.807, 2.05) is 0 Å². The smallest absolute Gasteiger partial charge is 0.319 e. The Morgan fingerprint density at radius 2 is 2.27 bits per heavy atom. The molecule has 0 fully saturated rings. The molecule has 0 aromatic carbocycles. The first-order chi connectivity index (χ1) is 10.4. The second-order valence-corrected chi connectivity index (χ2v) is 6.38. The van der Waals surface area contributed by atoms with Crippen molar-refractivity contribution < 1.29 is 9.53 Å². The molecule has 2 N–H and O–H groups in total. The summed E-state index contributed by atoms with van der Waals surface area (Å²) in [5.41, 5.74) is 2.47. The molecule has 0 bridgehead atoms. The Bertz CT molecular complexity index is 585. The van der Waals surface area contributed by atoms with Crippen molar-refractivity contribution in [3.8, 4) is 0 Å². The Labute approximate surface area is 136 Å². The lowest BCUT2D eigenvalue weighted by Crippen LogP contribution is -2.38. The molecule has 2 amide bonds. The fourth-order valence-electron chi connectivity index (χ4n) is 2.37. The van der Waals surface area contributed by atoms with Crippen LogP contribution in [-0.4, -0.2) is 30.8 Å². The first-order valence-corrected chi connectivity index (χ1v) is 7.71. The minimum atomic E-state index is -0.270. The van der Waals surface area contributed by atoms with Crippen LogP contribution in [0.1, 0.15) is 26.0 Å². The summed E-state index contributed by atoms with van der Waals surface area (Å²) in [6.45, 7) is 7.98. The van der Waals surface area contributed by atoms with Crippen LogP contribution in [0.15, 0.2) is 23.9 Å². The Morgan fingerprint density at radius 1 is 1.50 bits per heavy atom. The standard InChI is InChI=1S/C16H22ClN3O2/c1-11-14(17)13(4-7-18-11)20-15(21)19-10-16(2,3)12-5-8-22-9-6-12/h4-5,7H,6,8-10H2,1-3H3,(H2,18,19,20,21). The molecule has 0 saturated carbocycles. The molecule has 120 valence electrons. The van der Waals surface area contributed by atoms with Gasteiger partial charge < -0.3 is 15.4 Å². The Kier molecular flexibility index (Phi) is 5.42. The van der Waals surface area contributed by atoms with Crippen molar-refractivity contribution in [1.82, 2.24) is 10.3 Å². The van der Waals surface area contributed by atoms with E-state index in [9.17, 15) is 4.79 Å². The van der Waals surface area contributed by atoms with Crippen molar-refractivity contribution in [2.45, 2.75) is 27.2 Å². The first kappa shape index (κ1) is 16.8. The van der Waals surface area contributed by atoms with Gasteiger partial charge >= 0.3 is 6.03 Å². The van der Waals surface area contributed by atoms with Gasteiger partial charge in [0.25, 0.3) is 0 Å². The summed E-state index contributed by atoms with van der Waals surface area (Å²) in [7, 11) is 0. The average molecular weight is 324 g/mol. The maximum atomic E-state index is 12.1. The van der Waals surface area contributed by atoms with E-state index in [0.717, 1.165) is 13.0 Å². The van der Waals surface area contributed by atoms with Gasteiger partial charge in [0.15, 0.2) is 0 Å². The summed E-state index contributed by atoms with van der Waals surface area (Å²) in [6.07, 6.45) is 4.63. The summed E-state index contributed by atoms with van der Waals surface area (Å²) in [5, 5.41) is 6.13. The number of hydrogen-bond acceptors (Lipinski definition) is 3. The van der Waals surface area contributed by atoms with E-state index in [1.54, 1.807) is 19.2 Å². The quantitative estimate of drug-likeness (QED) is 0.833. The summed E-state index contributed by atoms with van der Waals surface area (Å²) in [6, 6.07) is 1.41. The van der Waals surface area contributed by atoms with Crippen molar-refractivity contribution >= 4 is 23.3 Å². The first-order valence-electron chi connectivity index (χ1n) is 7.33. The normalized spacial score (nSPS) is 15.2. The zero-order valence-electron chi connectivity index (χ0n) is 13.2. The van der Waals surface area contributed by atoms with Crippen LogP contribution in [0.4, 0.5) is 10.5 Å². The van der Waals surface area contributed by atoms with E-state index in [4.69, 9.17) is 16.3 Å². The second-order valence-electron chi connectivity index (χ2n) is 6.00. The summed E-state index contributed by atoms with van der Waals surface area (Å²) in [4.78, 5) is 16.1. The molecule has 2 heterocycles. The molecule has 2 rings (SSSR count). The molecular weight excluding hydrogens is 302 g/mol. The van der Waals surface area contributed by atoms with E-state index in [1.165, 1.54) is 5.57 Å². The molecule has 1 aliphatic rings. The second kappa shape index (κ2) is 7.11. The van der Waals surface area contributed by atoms with E-state index >= 15 is 0 Å². The van der Waals surface area contributed by atoms with Gasteiger partial charge in [-0.2, -0.15) is 0 Å². The summed E-state index contributed by atoms with van der Waals surface area (Å²) in [5.74, 6) is 0. The third-order valence-corrected chi connectivity index (χ3v) is 4.31. The van der Waals surface area contributed by atoms with Gasteiger partial charge in [-0.3, -0.25) is 4.98 Å². The number of pyridine rings is 1. The van der Waals surface area contributed by atoms with Gasteiger partial charge in [0.2, 0.25) is 0 Å². The number of carbonyl (C=O) groups is 1. The van der Waals surface area contributed by atoms with Crippen LogP contribution < -0.4 is 10.6 Å². The number of nitrogens with zero attached hydrogens (tertiary/aromatic N) is 1. The molecule has 0 radical (unpaired) electrons. The van der Waals surface area contributed by atoms with Gasteiger partial charge in [-0.1, -0.05) is 37.1 Å². The van der Waals surface area contributed by atoms with Crippen molar-refractivity contribution in [3.05, 3.63) is 34.6 Å². The lowest BCUT2D eigenvalue weighted by molar-refractivity contribution is 0.145. The third kappa shape index (κ3) is 4.21. The number of amides is 2. The molecule has 1 aromatic rings. The minimum absolute atomic E-state index is 0.0981. The number of aromatic nitrogens is 1. The van der Waals surface area contributed by atoms with Crippen LogP contribution >= 0.6 is 11.6 Å². The van der Waals surface area contributed by atoms with Gasteiger partial charge in [0.05, 0.1) is 29.6 Å². The predicted octanol–water partition coefficient (Wildman–Crippen LogP) is 3.54. The highest BCUT2D eigenvalue weighted by atomic mass is 35.5. The van der Waals surface area contributed by atoms with Crippen LogP contribution in [-0.2, 0) is 4.74 Å². The van der Waals surface area contributed by atoms with Crippen LogP contribution in [0.25, 0.3) is 0 Å². The number of nitrogens with one attached hydrogen (secondary N) is 2. The monoisotopic (exact) mass is 323 g/mol. The molecule has 5 nitrogen and oxygen atoms in total. The molecular formula is C16H22ClN3O2. The molecule has 0 spiro atoms. The van der Waals surface area contributed by atoms with Gasteiger partial charge in [0.1, 0.15) is 0 Å². The number of anilines is 1. The molecule has 6 heteroatoms. The van der Waals surface area contributed by atoms with Crippen molar-refractivity contribution in [3.63, 3.8) is 0 Å². The number of rotatable bonds is 4. The molecule has 1 aromatic heterocycles. The van der Waals surface area contributed by atoms with Crippen LogP contribution in [0.2, 0.25) is 5.02 Å². The highest BCUT2D eigenvalue weighted by Gasteiger charge is 2.25. The predicted molar refractivity (Wildman–Crippen MR) is 88.3 cm³/mol.